The van der Waals surface area contributed by atoms with E-state index in [9.17, 15) is 14.4 Å². The summed E-state index contributed by atoms with van der Waals surface area (Å²) in [5.74, 6) is -1.37. The molecular weight excluding hydrogens is 184 g/mol. The summed E-state index contributed by atoms with van der Waals surface area (Å²) in [6.45, 7) is 1.15. The highest BCUT2D eigenvalue weighted by atomic mass is 16.6. The van der Waals surface area contributed by atoms with E-state index in [2.05, 4.69) is 4.74 Å². The van der Waals surface area contributed by atoms with Gasteiger partial charge in [0.2, 0.25) is 0 Å². The normalized spacial score (nSPS) is 9.21. The number of esters is 2. The van der Waals surface area contributed by atoms with E-state index in [0.29, 0.717) is 11.8 Å². The van der Waals surface area contributed by atoms with Crippen molar-refractivity contribution in [2.45, 2.75) is 6.92 Å². The quantitative estimate of drug-likeness (QED) is 0.401. The molecule has 0 bridgehead atoms. The van der Waals surface area contributed by atoms with Gasteiger partial charge in [0, 0.05) is 12.5 Å². The smallest absolute Gasteiger partial charge is 0.345 e. The molecule has 0 unspecified atom stereocenters. The fourth-order valence-electron chi connectivity index (χ4n) is 0.887. The first-order chi connectivity index (χ1) is 6.63. The Balaban J connectivity index is 2.81. The maximum absolute atomic E-state index is 11.1. The van der Waals surface area contributed by atoms with Gasteiger partial charge in [0.15, 0.2) is 0 Å². The van der Waals surface area contributed by atoms with Crippen molar-refractivity contribution in [1.29, 1.82) is 0 Å². The molecule has 1 aromatic carbocycles. The third-order valence-electron chi connectivity index (χ3n) is 1.52. The fourth-order valence-corrected chi connectivity index (χ4v) is 0.887. The van der Waals surface area contributed by atoms with Crippen LogP contribution in [0.1, 0.15) is 27.6 Å². The predicted octanol–water partition coefficient (Wildman–Crippen LogP) is 1.20. The summed E-state index contributed by atoms with van der Waals surface area (Å²) in [4.78, 5) is 31.9. The molecule has 1 rings (SSSR count). The Bertz CT molecular complexity index is 364. The zero-order valence-electron chi connectivity index (χ0n) is 7.52. The fraction of sp³-hybridized carbons (Fsp3) is 0.100. The number of carbonyl (C=O) groups excluding carboxylic acids is 3. The van der Waals surface area contributed by atoms with Crippen LogP contribution in [-0.2, 0) is 9.53 Å². The standard InChI is InChI=1S/C10H8O4/c1-7(12)14-10(13)9-4-2-8(6-11)3-5-9/h2-6H,1H3. The van der Waals surface area contributed by atoms with E-state index in [1.807, 2.05) is 0 Å². The first kappa shape index (κ1) is 10.1. The van der Waals surface area contributed by atoms with Crippen molar-refractivity contribution >= 4 is 18.2 Å². The van der Waals surface area contributed by atoms with Gasteiger partial charge in [-0.1, -0.05) is 12.1 Å². The molecule has 0 fully saturated rings. The average molecular weight is 192 g/mol. The molecule has 0 aromatic heterocycles. The number of benzene rings is 1. The molecule has 0 radical (unpaired) electrons. The second-order valence-corrected chi connectivity index (χ2v) is 2.62. The maximum Gasteiger partial charge on any atom is 0.345 e. The van der Waals surface area contributed by atoms with Crippen LogP contribution in [0.5, 0.6) is 0 Å². The summed E-state index contributed by atoms with van der Waals surface area (Å²) in [6, 6.07) is 5.80. The number of carbonyl (C=O) groups is 3. The highest BCUT2D eigenvalue weighted by Gasteiger charge is 2.08. The highest BCUT2D eigenvalue weighted by molar-refractivity contribution is 5.96. The van der Waals surface area contributed by atoms with Crippen LogP contribution in [0.4, 0.5) is 0 Å². The Morgan fingerprint density at radius 2 is 1.79 bits per heavy atom. The van der Waals surface area contributed by atoms with Crippen molar-refractivity contribution in [3.8, 4) is 0 Å². The second kappa shape index (κ2) is 4.32. The minimum atomic E-state index is -0.713. The molecule has 72 valence electrons. The van der Waals surface area contributed by atoms with Gasteiger partial charge in [0.1, 0.15) is 6.29 Å². The summed E-state index contributed by atoms with van der Waals surface area (Å²) >= 11 is 0. The van der Waals surface area contributed by atoms with Gasteiger partial charge in [-0.2, -0.15) is 0 Å². The molecule has 0 aliphatic rings. The largest absolute Gasteiger partial charge is 0.390 e. The molecule has 1 aromatic rings. The molecule has 0 aliphatic carbocycles. The molecule has 0 saturated carbocycles. The number of hydrogen-bond acceptors (Lipinski definition) is 4. The minimum Gasteiger partial charge on any atom is -0.390 e. The van der Waals surface area contributed by atoms with Crippen molar-refractivity contribution in [3.63, 3.8) is 0 Å². The van der Waals surface area contributed by atoms with Gasteiger partial charge in [0.05, 0.1) is 5.56 Å². The van der Waals surface area contributed by atoms with Crippen LogP contribution in [0.3, 0.4) is 0 Å². The summed E-state index contributed by atoms with van der Waals surface area (Å²) in [7, 11) is 0. The Labute approximate surface area is 80.5 Å². The maximum atomic E-state index is 11.1. The van der Waals surface area contributed by atoms with E-state index in [-0.39, 0.29) is 5.56 Å². The highest BCUT2D eigenvalue weighted by Crippen LogP contribution is 2.04. The monoisotopic (exact) mass is 192 g/mol. The van der Waals surface area contributed by atoms with E-state index < -0.39 is 11.9 Å². The lowest BCUT2D eigenvalue weighted by molar-refractivity contribution is -0.135. The molecule has 0 heterocycles. The lowest BCUT2D eigenvalue weighted by Crippen LogP contribution is -2.09. The van der Waals surface area contributed by atoms with Crippen molar-refractivity contribution < 1.29 is 19.1 Å². The summed E-state index contributed by atoms with van der Waals surface area (Å²) in [6.07, 6.45) is 0.667. The molecule has 0 N–H and O–H groups in total. The van der Waals surface area contributed by atoms with Crippen molar-refractivity contribution in [2.24, 2.45) is 0 Å². The molecule has 14 heavy (non-hydrogen) atoms. The first-order valence-electron chi connectivity index (χ1n) is 3.91. The van der Waals surface area contributed by atoms with E-state index in [1.165, 1.54) is 24.3 Å². The summed E-state index contributed by atoms with van der Waals surface area (Å²) < 4.78 is 4.34. The number of hydrogen-bond donors (Lipinski definition) is 0. The lowest BCUT2D eigenvalue weighted by atomic mass is 10.1. The van der Waals surface area contributed by atoms with Crippen LogP contribution < -0.4 is 0 Å². The van der Waals surface area contributed by atoms with E-state index in [1.54, 1.807) is 0 Å². The third kappa shape index (κ3) is 2.52. The lowest BCUT2D eigenvalue weighted by Gasteiger charge is -1.99. The van der Waals surface area contributed by atoms with Gasteiger partial charge in [-0.25, -0.2) is 4.79 Å². The van der Waals surface area contributed by atoms with Gasteiger partial charge >= 0.3 is 11.9 Å². The van der Waals surface area contributed by atoms with Crippen LogP contribution in [0, 0.1) is 0 Å². The van der Waals surface area contributed by atoms with Crippen LogP contribution in [0.25, 0.3) is 0 Å². The van der Waals surface area contributed by atoms with Gasteiger partial charge in [0.25, 0.3) is 0 Å². The van der Waals surface area contributed by atoms with E-state index in [4.69, 9.17) is 0 Å². The molecular formula is C10H8O4. The number of ether oxygens (including phenoxy) is 1. The van der Waals surface area contributed by atoms with Crippen molar-refractivity contribution in [1.82, 2.24) is 0 Å². The predicted molar refractivity (Wildman–Crippen MR) is 47.9 cm³/mol. The van der Waals surface area contributed by atoms with Crippen LogP contribution in [0.2, 0.25) is 0 Å². The Hall–Kier alpha value is -1.97. The SMILES string of the molecule is CC(=O)OC(=O)c1ccc(C=O)cc1. The van der Waals surface area contributed by atoms with Gasteiger partial charge in [-0.05, 0) is 12.1 Å². The zero-order chi connectivity index (χ0) is 10.6. The van der Waals surface area contributed by atoms with Crippen molar-refractivity contribution in [3.05, 3.63) is 35.4 Å². The molecule has 0 atom stereocenters. The number of rotatable bonds is 2. The van der Waals surface area contributed by atoms with Gasteiger partial charge in [-0.15, -0.1) is 0 Å². The van der Waals surface area contributed by atoms with Crippen LogP contribution >= 0.6 is 0 Å². The molecule has 0 saturated heterocycles. The zero-order valence-corrected chi connectivity index (χ0v) is 7.52. The second-order valence-electron chi connectivity index (χ2n) is 2.62. The molecule has 0 spiro atoms. The topological polar surface area (TPSA) is 60.4 Å². The Morgan fingerprint density at radius 3 is 2.21 bits per heavy atom. The average Bonchev–Trinajstić information content (AvgIpc) is 2.17. The van der Waals surface area contributed by atoms with Gasteiger partial charge in [-0.3, -0.25) is 9.59 Å². The third-order valence-corrected chi connectivity index (χ3v) is 1.52. The first-order valence-corrected chi connectivity index (χ1v) is 3.91. The van der Waals surface area contributed by atoms with E-state index in [0.717, 1.165) is 6.92 Å². The van der Waals surface area contributed by atoms with E-state index >= 15 is 0 Å². The summed E-state index contributed by atoms with van der Waals surface area (Å²) in [5.41, 5.74) is 0.704. The Morgan fingerprint density at radius 1 is 1.21 bits per heavy atom. The van der Waals surface area contributed by atoms with Crippen LogP contribution in [-0.4, -0.2) is 18.2 Å². The molecule has 0 aliphatic heterocycles. The summed E-state index contributed by atoms with van der Waals surface area (Å²) in [5, 5.41) is 0. The molecule has 4 heteroatoms. The minimum absolute atomic E-state index is 0.241. The van der Waals surface area contributed by atoms with Gasteiger partial charge < -0.3 is 4.74 Å². The number of aldehydes is 1. The van der Waals surface area contributed by atoms with Crippen LogP contribution in [0.15, 0.2) is 24.3 Å². The molecule has 4 nitrogen and oxygen atoms in total. The Kier molecular flexibility index (Phi) is 3.12. The molecule has 0 amide bonds. The van der Waals surface area contributed by atoms with Crippen molar-refractivity contribution in [2.75, 3.05) is 0 Å².